The van der Waals surface area contributed by atoms with Crippen molar-refractivity contribution in [2.45, 2.75) is 6.42 Å². The molecule has 0 heterocycles. The standard InChI is InChI=1S/C19H18ClN3O2/c1-25-18-8-3-2-7-17(18)23-19(24)15(12-21)13-22-10-9-14-5-4-6-16(20)11-14/h2-8,11,13,22H,9-10H2,1H3,(H,23,24)/b15-13-. The minimum absolute atomic E-state index is 0.0167. The molecular formula is C19H18ClN3O2. The van der Waals surface area contributed by atoms with Crippen LogP contribution in [-0.2, 0) is 11.2 Å². The molecule has 0 unspecified atom stereocenters. The van der Waals surface area contributed by atoms with Crippen LogP contribution in [0.4, 0.5) is 5.69 Å². The highest BCUT2D eigenvalue weighted by Crippen LogP contribution is 2.23. The number of carbonyl (C=O) groups is 1. The Bertz CT molecular complexity index is 812. The highest BCUT2D eigenvalue weighted by atomic mass is 35.5. The zero-order valence-corrected chi connectivity index (χ0v) is 14.5. The molecular weight excluding hydrogens is 338 g/mol. The quantitative estimate of drug-likeness (QED) is 0.452. The first-order valence-electron chi connectivity index (χ1n) is 7.66. The van der Waals surface area contributed by atoms with E-state index in [0.29, 0.717) is 23.0 Å². The minimum Gasteiger partial charge on any atom is -0.495 e. The number of halogens is 1. The van der Waals surface area contributed by atoms with Crippen LogP contribution in [0.5, 0.6) is 5.75 Å². The second-order valence-electron chi connectivity index (χ2n) is 5.16. The van der Waals surface area contributed by atoms with Gasteiger partial charge < -0.3 is 15.4 Å². The van der Waals surface area contributed by atoms with Crippen LogP contribution in [0.2, 0.25) is 5.02 Å². The van der Waals surface area contributed by atoms with Gasteiger partial charge in [-0.3, -0.25) is 4.79 Å². The molecule has 0 fully saturated rings. The number of nitrogens with one attached hydrogen (secondary N) is 2. The number of hydrogen-bond donors (Lipinski definition) is 2. The minimum atomic E-state index is -0.498. The van der Waals surface area contributed by atoms with E-state index in [2.05, 4.69) is 10.6 Å². The van der Waals surface area contributed by atoms with E-state index in [0.717, 1.165) is 12.0 Å². The summed E-state index contributed by atoms with van der Waals surface area (Å²) in [7, 11) is 1.52. The monoisotopic (exact) mass is 355 g/mol. The summed E-state index contributed by atoms with van der Waals surface area (Å²) in [5.74, 6) is 0.0318. The summed E-state index contributed by atoms with van der Waals surface area (Å²) in [4.78, 5) is 12.2. The number of anilines is 1. The number of ether oxygens (including phenoxy) is 1. The van der Waals surface area contributed by atoms with Gasteiger partial charge in [0.25, 0.3) is 5.91 Å². The predicted octanol–water partition coefficient (Wildman–Crippen LogP) is 3.53. The SMILES string of the molecule is COc1ccccc1NC(=O)/C(C#N)=C\NCCc1cccc(Cl)c1. The highest BCUT2D eigenvalue weighted by Gasteiger charge is 2.11. The van der Waals surface area contributed by atoms with E-state index in [1.54, 1.807) is 24.3 Å². The molecule has 2 N–H and O–H groups in total. The fraction of sp³-hybridized carbons (Fsp3) is 0.158. The van der Waals surface area contributed by atoms with Crippen molar-refractivity contribution in [1.82, 2.24) is 5.32 Å². The van der Waals surface area contributed by atoms with Crippen LogP contribution in [-0.4, -0.2) is 19.6 Å². The van der Waals surface area contributed by atoms with Gasteiger partial charge in [0, 0.05) is 17.8 Å². The second-order valence-corrected chi connectivity index (χ2v) is 5.59. The lowest BCUT2D eigenvalue weighted by Gasteiger charge is -2.09. The molecule has 1 amide bonds. The van der Waals surface area contributed by atoms with Gasteiger partial charge in [-0.25, -0.2) is 0 Å². The predicted molar refractivity (Wildman–Crippen MR) is 98.5 cm³/mol. The smallest absolute Gasteiger partial charge is 0.267 e. The Labute approximate surface area is 151 Å². The zero-order valence-electron chi connectivity index (χ0n) is 13.8. The maximum absolute atomic E-state index is 12.2. The summed E-state index contributed by atoms with van der Waals surface area (Å²) >= 11 is 5.94. The fourth-order valence-electron chi connectivity index (χ4n) is 2.17. The molecule has 2 aromatic carbocycles. The molecule has 0 aromatic heterocycles. The molecule has 0 saturated carbocycles. The van der Waals surface area contributed by atoms with Gasteiger partial charge in [0.15, 0.2) is 0 Å². The third-order valence-corrected chi connectivity index (χ3v) is 3.65. The molecule has 0 radical (unpaired) electrons. The maximum Gasteiger partial charge on any atom is 0.267 e. The lowest BCUT2D eigenvalue weighted by Crippen LogP contribution is -2.18. The third-order valence-electron chi connectivity index (χ3n) is 3.41. The number of benzene rings is 2. The Morgan fingerprint density at radius 2 is 2.08 bits per heavy atom. The van der Waals surface area contributed by atoms with Gasteiger partial charge in [-0.1, -0.05) is 35.9 Å². The van der Waals surface area contributed by atoms with Crippen molar-refractivity contribution in [3.63, 3.8) is 0 Å². The van der Waals surface area contributed by atoms with Gasteiger partial charge in [0.2, 0.25) is 0 Å². The molecule has 0 atom stereocenters. The molecule has 0 aliphatic heterocycles. The maximum atomic E-state index is 12.2. The molecule has 0 aliphatic carbocycles. The van der Waals surface area contributed by atoms with E-state index in [1.165, 1.54) is 13.3 Å². The fourth-order valence-corrected chi connectivity index (χ4v) is 2.38. The molecule has 0 saturated heterocycles. The van der Waals surface area contributed by atoms with Crippen LogP contribution in [0, 0.1) is 11.3 Å². The van der Waals surface area contributed by atoms with Gasteiger partial charge in [-0.15, -0.1) is 0 Å². The van der Waals surface area contributed by atoms with Gasteiger partial charge in [-0.05, 0) is 36.2 Å². The van der Waals surface area contributed by atoms with Crippen molar-refractivity contribution in [3.05, 3.63) is 70.9 Å². The van der Waals surface area contributed by atoms with Gasteiger partial charge in [-0.2, -0.15) is 5.26 Å². The van der Waals surface area contributed by atoms with Crippen LogP contribution >= 0.6 is 11.6 Å². The van der Waals surface area contributed by atoms with Crippen LogP contribution in [0.15, 0.2) is 60.3 Å². The topological polar surface area (TPSA) is 74.1 Å². The molecule has 2 aromatic rings. The Kier molecular flexibility index (Phi) is 6.87. The highest BCUT2D eigenvalue weighted by molar-refractivity contribution is 6.30. The normalized spacial score (nSPS) is 10.7. The Balaban J connectivity index is 1.93. The van der Waals surface area contributed by atoms with Crippen molar-refractivity contribution >= 4 is 23.2 Å². The van der Waals surface area contributed by atoms with E-state index >= 15 is 0 Å². The molecule has 5 nitrogen and oxygen atoms in total. The number of rotatable bonds is 7. The Morgan fingerprint density at radius 3 is 2.80 bits per heavy atom. The average Bonchev–Trinajstić information content (AvgIpc) is 2.62. The first-order chi connectivity index (χ1) is 12.1. The van der Waals surface area contributed by atoms with Crippen LogP contribution in [0.1, 0.15) is 5.56 Å². The van der Waals surface area contributed by atoms with Gasteiger partial charge in [0.05, 0.1) is 12.8 Å². The summed E-state index contributed by atoms with van der Waals surface area (Å²) in [6.07, 6.45) is 2.14. The second kappa shape index (κ2) is 9.36. The van der Waals surface area contributed by atoms with E-state index in [9.17, 15) is 10.1 Å². The summed E-state index contributed by atoms with van der Waals surface area (Å²) < 4.78 is 5.17. The molecule has 0 spiro atoms. The Hall–Kier alpha value is -2.97. The molecule has 2 rings (SSSR count). The summed E-state index contributed by atoms with van der Waals surface area (Å²) in [6.45, 7) is 0.577. The van der Waals surface area contributed by atoms with Crippen molar-refractivity contribution in [2.24, 2.45) is 0 Å². The first-order valence-corrected chi connectivity index (χ1v) is 8.04. The van der Waals surface area contributed by atoms with Gasteiger partial charge in [0.1, 0.15) is 17.4 Å². The molecule has 0 bridgehead atoms. The number of amides is 1. The molecule has 25 heavy (non-hydrogen) atoms. The third kappa shape index (κ3) is 5.55. The van der Waals surface area contributed by atoms with Crippen molar-refractivity contribution < 1.29 is 9.53 Å². The number of nitriles is 1. The largest absolute Gasteiger partial charge is 0.495 e. The van der Waals surface area contributed by atoms with Gasteiger partial charge >= 0.3 is 0 Å². The number of carbonyl (C=O) groups excluding carboxylic acids is 1. The molecule has 6 heteroatoms. The van der Waals surface area contributed by atoms with Crippen molar-refractivity contribution in [2.75, 3.05) is 19.0 Å². The average molecular weight is 356 g/mol. The van der Waals surface area contributed by atoms with Crippen LogP contribution < -0.4 is 15.4 Å². The first kappa shape index (κ1) is 18.4. The molecule has 0 aliphatic rings. The number of para-hydroxylation sites is 2. The summed E-state index contributed by atoms with van der Waals surface area (Å²) in [6, 6.07) is 16.5. The Morgan fingerprint density at radius 1 is 1.28 bits per heavy atom. The zero-order chi connectivity index (χ0) is 18.1. The lowest BCUT2D eigenvalue weighted by molar-refractivity contribution is -0.112. The van der Waals surface area contributed by atoms with Crippen molar-refractivity contribution in [3.8, 4) is 11.8 Å². The molecule has 128 valence electrons. The summed E-state index contributed by atoms with van der Waals surface area (Å²) in [5.41, 5.74) is 1.57. The number of hydrogen-bond acceptors (Lipinski definition) is 4. The summed E-state index contributed by atoms with van der Waals surface area (Å²) in [5, 5.41) is 15.5. The number of methoxy groups -OCH3 is 1. The van der Waals surface area contributed by atoms with Crippen LogP contribution in [0.25, 0.3) is 0 Å². The van der Waals surface area contributed by atoms with E-state index in [4.69, 9.17) is 16.3 Å². The van der Waals surface area contributed by atoms with E-state index in [1.807, 2.05) is 30.3 Å². The lowest BCUT2D eigenvalue weighted by atomic mass is 10.1. The van der Waals surface area contributed by atoms with Crippen molar-refractivity contribution in [1.29, 1.82) is 5.26 Å². The van der Waals surface area contributed by atoms with E-state index in [-0.39, 0.29) is 5.57 Å². The number of nitrogens with zero attached hydrogens (tertiary/aromatic N) is 1. The van der Waals surface area contributed by atoms with Crippen LogP contribution in [0.3, 0.4) is 0 Å². The van der Waals surface area contributed by atoms with E-state index < -0.39 is 5.91 Å².